The van der Waals surface area contributed by atoms with Crippen LogP contribution in [0.4, 0.5) is 5.82 Å². The predicted molar refractivity (Wildman–Crippen MR) is 82.0 cm³/mol. The number of nitrogens with one attached hydrogen (secondary N) is 1. The second-order valence-electron chi connectivity index (χ2n) is 4.47. The number of aromatic nitrogens is 1. The largest absolute Gasteiger partial charge is 0.395 e. The second kappa shape index (κ2) is 7.22. The molecule has 0 atom stereocenters. The molecule has 4 nitrogen and oxygen atoms in total. The molecule has 1 aromatic heterocycles. The summed E-state index contributed by atoms with van der Waals surface area (Å²) in [5.74, 6) is 6.01. The van der Waals surface area contributed by atoms with Crippen LogP contribution in [0.15, 0.2) is 42.6 Å². The maximum absolute atomic E-state index is 12.2. The van der Waals surface area contributed by atoms with E-state index in [9.17, 15) is 4.79 Å². The molecular formula is C17H16N2O2. The van der Waals surface area contributed by atoms with Crippen molar-refractivity contribution in [1.29, 1.82) is 0 Å². The summed E-state index contributed by atoms with van der Waals surface area (Å²) in [7, 11) is 0. The van der Waals surface area contributed by atoms with Crippen LogP contribution in [-0.2, 0) is 0 Å². The molecule has 0 unspecified atom stereocenters. The predicted octanol–water partition coefficient (Wildman–Crippen LogP) is 2.38. The summed E-state index contributed by atoms with van der Waals surface area (Å²) in [6.07, 6.45) is 2.02. The van der Waals surface area contributed by atoms with E-state index in [0.717, 1.165) is 11.1 Å². The third-order valence-corrected chi connectivity index (χ3v) is 2.86. The third-order valence-electron chi connectivity index (χ3n) is 2.86. The number of aliphatic hydroxyl groups excluding tert-OH is 1. The van der Waals surface area contributed by atoms with Gasteiger partial charge in [-0.3, -0.25) is 4.79 Å². The molecule has 2 rings (SSSR count). The van der Waals surface area contributed by atoms with Crippen LogP contribution in [-0.4, -0.2) is 22.6 Å². The van der Waals surface area contributed by atoms with Crippen LogP contribution in [0, 0.1) is 18.8 Å². The molecule has 2 N–H and O–H groups in total. The highest BCUT2D eigenvalue weighted by atomic mass is 16.2. The number of rotatable bonds is 3. The van der Waals surface area contributed by atoms with Gasteiger partial charge in [-0.15, -0.1) is 0 Å². The summed E-state index contributed by atoms with van der Waals surface area (Å²) in [5.41, 5.74) is 2.28. The Labute approximate surface area is 123 Å². The van der Waals surface area contributed by atoms with Crippen molar-refractivity contribution in [2.24, 2.45) is 0 Å². The SMILES string of the molecule is Cc1ccccc1C(=O)Nc1cc(C#CCCO)ccn1. The molecule has 0 bridgehead atoms. The van der Waals surface area contributed by atoms with Crippen molar-refractivity contribution in [3.63, 3.8) is 0 Å². The van der Waals surface area contributed by atoms with Gasteiger partial charge >= 0.3 is 0 Å². The average molecular weight is 280 g/mol. The molecule has 0 aliphatic rings. The van der Waals surface area contributed by atoms with Gasteiger partial charge in [-0.25, -0.2) is 4.98 Å². The number of nitrogens with zero attached hydrogens (tertiary/aromatic N) is 1. The minimum Gasteiger partial charge on any atom is -0.395 e. The Kier molecular flexibility index (Phi) is 5.08. The summed E-state index contributed by atoms with van der Waals surface area (Å²) in [5, 5.41) is 11.5. The average Bonchev–Trinajstić information content (AvgIpc) is 2.48. The number of aliphatic hydroxyl groups is 1. The number of hydrogen-bond donors (Lipinski definition) is 2. The molecule has 0 spiro atoms. The van der Waals surface area contributed by atoms with Gasteiger partial charge in [0, 0.05) is 23.7 Å². The summed E-state index contributed by atoms with van der Waals surface area (Å²) < 4.78 is 0. The lowest BCUT2D eigenvalue weighted by Gasteiger charge is -2.06. The fraction of sp³-hybridized carbons (Fsp3) is 0.176. The number of pyridine rings is 1. The van der Waals surface area contributed by atoms with Gasteiger partial charge in [0.1, 0.15) is 5.82 Å². The molecule has 21 heavy (non-hydrogen) atoms. The van der Waals surface area contributed by atoms with Crippen molar-refractivity contribution in [3.05, 3.63) is 59.3 Å². The zero-order chi connectivity index (χ0) is 15.1. The van der Waals surface area contributed by atoms with Crippen molar-refractivity contribution < 1.29 is 9.90 Å². The number of amides is 1. The minimum absolute atomic E-state index is 0.0367. The van der Waals surface area contributed by atoms with E-state index >= 15 is 0 Å². The first kappa shape index (κ1) is 14.8. The van der Waals surface area contributed by atoms with E-state index in [2.05, 4.69) is 22.1 Å². The van der Waals surface area contributed by atoms with E-state index in [1.165, 1.54) is 0 Å². The van der Waals surface area contributed by atoms with Crippen LogP contribution in [0.1, 0.15) is 27.9 Å². The summed E-state index contributed by atoms with van der Waals surface area (Å²) in [4.78, 5) is 16.3. The van der Waals surface area contributed by atoms with Crippen LogP contribution >= 0.6 is 0 Å². The normalized spacial score (nSPS) is 9.62. The van der Waals surface area contributed by atoms with E-state index in [-0.39, 0.29) is 12.5 Å². The van der Waals surface area contributed by atoms with E-state index < -0.39 is 0 Å². The molecule has 1 aromatic carbocycles. The van der Waals surface area contributed by atoms with E-state index in [1.54, 1.807) is 24.4 Å². The lowest BCUT2D eigenvalue weighted by Crippen LogP contribution is -2.14. The Morgan fingerprint density at radius 2 is 2.14 bits per heavy atom. The Balaban J connectivity index is 2.14. The molecule has 106 valence electrons. The van der Waals surface area contributed by atoms with Gasteiger partial charge in [-0.1, -0.05) is 30.0 Å². The molecule has 0 aliphatic heterocycles. The van der Waals surface area contributed by atoms with Gasteiger partial charge in [0.15, 0.2) is 0 Å². The Bertz CT molecular complexity index is 699. The highest BCUT2D eigenvalue weighted by Gasteiger charge is 2.09. The highest BCUT2D eigenvalue weighted by molar-refractivity contribution is 6.04. The third kappa shape index (κ3) is 4.16. The summed E-state index contributed by atoms with van der Waals surface area (Å²) in [6, 6.07) is 10.8. The molecular weight excluding hydrogens is 264 g/mol. The summed E-state index contributed by atoms with van der Waals surface area (Å²) in [6.45, 7) is 1.92. The van der Waals surface area contributed by atoms with Gasteiger partial charge in [0.2, 0.25) is 0 Å². The van der Waals surface area contributed by atoms with E-state index in [1.807, 2.05) is 25.1 Å². The maximum Gasteiger partial charge on any atom is 0.257 e. The van der Waals surface area contributed by atoms with Gasteiger partial charge in [0.25, 0.3) is 5.91 Å². The Morgan fingerprint density at radius 1 is 1.33 bits per heavy atom. The minimum atomic E-state index is -0.193. The molecule has 1 amide bonds. The number of anilines is 1. The Morgan fingerprint density at radius 3 is 2.90 bits per heavy atom. The lowest BCUT2D eigenvalue weighted by molar-refractivity contribution is 0.102. The lowest BCUT2D eigenvalue weighted by atomic mass is 10.1. The number of aryl methyl sites for hydroxylation is 1. The standard InChI is InChI=1S/C17H16N2O2/c1-13-6-2-3-8-15(13)17(21)19-16-12-14(9-10-18-16)7-4-5-11-20/h2-3,6,8-10,12,20H,5,11H2,1H3,(H,18,19,21). The molecule has 0 aliphatic carbocycles. The van der Waals surface area contributed by atoms with Gasteiger partial charge in [-0.05, 0) is 30.7 Å². The van der Waals surface area contributed by atoms with Crippen LogP contribution in [0.3, 0.4) is 0 Å². The molecule has 0 saturated carbocycles. The van der Waals surface area contributed by atoms with Crippen LogP contribution in [0.5, 0.6) is 0 Å². The first-order valence-corrected chi connectivity index (χ1v) is 6.63. The van der Waals surface area contributed by atoms with Crippen molar-refractivity contribution >= 4 is 11.7 Å². The van der Waals surface area contributed by atoms with Gasteiger partial charge in [0.05, 0.1) is 6.61 Å². The first-order chi connectivity index (χ1) is 10.2. The highest BCUT2D eigenvalue weighted by Crippen LogP contribution is 2.11. The molecule has 0 saturated heterocycles. The number of carbonyl (C=O) groups is 1. The quantitative estimate of drug-likeness (QED) is 0.849. The van der Waals surface area contributed by atoms with Crippen LogP contribution in [0.25, 0.3) is 0 Å². The molecule has 4 heteroatoms. The molecule has 0 fully saturated rings. The smallest absolute Gasteiger partial charge is 0.257 e. The molecule has 2 aromatic rings. The van der Waals surface area contributed by atoms with Crippen molar-refractivity contribution in [3.8, 4) is 11.8 Å². The number of carbonyl (C=O) groups excluding carboxylic acids is 1. The Hall–Kier alpha value is -2.64. The fourth-order valence-electron chi connectivity index (χ4n) is 1.81. The topological polar surface area (TPSA) is 62.2 Å². The summed E-state index contributed by atoms with van der Waals surface area (Å²) >= 11 is 0. The zero-order valence-corrected chi connectivity index (χ0v) is 11.8. The van der Waals surface area contributed by atoms with Gasteiger partial charge < -0.3 is 10.4 Å². The van der Waals surface area contributed by atoms with Crippen molar-refractivity contribution in [2.75, 3.05) is 11.9 Å². The van der Waals surface area contributed by atoms with E-state index in [4.69, 9.17) is 5.11 Å². The monoisotopic (exact) mass is 280 g/mol. The van der Waals surface area contributed by atoms with Gasteiger partial charge in [-0.2, -0.15) is 0 Å². The van der Waals surface area contributed by atoms with Crippen LogP contribution < -0.4 is 5.32 Å². The second-order valence-corrected chi connectivity index (χ2v) is 4.47. The molecule has 1 heterocycles. The fourth-order valence-corrected chi connectivity index (χ4v) is 1.81. The number of benzene rings is 1. The molecule has 0 radical (unpaired) electrons. The van der Waals surface area contributed by atoms with Crippen molar-refractivity contribution in [2.45, 2.75) is 13.3 Å². The maximum atomic E-state index is 12.2. The van der Waals surface area contributed by atoms with E-state index in [0.29, 0.717) is 17.8 Å². The van der Waals surface area contributed by atoms with Crippen molar-refractivity contribution in [1.82, 2.24) is 4.98 Å². The number of hydrogen-bond acceptors (Lipinski definition) is 3. The first-order valence-electron chi connectivity index (χ1n) is 6.63. The zero-order valence-electron chi connectivity index (χ0n) is 11.8. The van der Waals surface area contributed by atoms with Crippen LogP contribution in [0.2, 0.25) is 0 Å².